The fraction of sp³-hybridized carbons (Fsp3) is 0.500. The fourth-order valence-electron chi connectivity index (χ4n) is 0.973. The number of rotatable bonds is 1. The molecule has 0 unspecified atom stereocenters. The average molecular weight is 140 g/mol. The first-order valence-electron chi connectivity index (χ1n) is 3.42. The number of hydrogen-bond donors (Lipinski definition) is 2. The molecule has 0 aromatic rings. The van der Waals surface area contributed by atoms with Gasteiger partial charge in [-0.15, -0.1) is 0 Å². The van der Waals surface area contributed by atoms with Gasteiger partial charge in [-0.2, -0.15) is 0 Å². The van der Waals surface area contributed by atoms with Gasteiger partial charge >= 0.3 is 0 Å². The summed E-state index contributed by atoms with van der Waals surface area (Å²) in [6, 6.07) is 0. The van der Waals surface area contributed by atoms with Crippen molar-refractivity contribution >= 4 is 0 Å². The standard InChI is InChI=1S/C8H12O2/c1-6-2-4-7(5-3-6)8(9)10/h2,4,8-10H,3,5H2,1H3. The summed E-state index contributed by atoms with van der Waals surface area (Å²) in [6.45, 7) is 2.04. The van der Waals surface area contributed by atoms with Crippen LogP contribution in [0.3, 0.4) is 0 Å². The molecule has 0 aromatic heterocycles. The van der Waals surface area contributed by atoms with Crippen molar-refractivity contribution in [1.29, 1.82) is 0 Å². The molecule has 0 aromatic carbocycles. The predicted octanol–water partition coefficient (Wildman–Crippen LogP) is 0.964. The molecule has 0 aliphatic heterocycles. The van der Waals surface area contributed by atoms with E-state index in [0.717, 1.165) is 12.8 Å². The van der Waals surface area contributed by atoms with Crippen molar-refractivity contribution in [3.05, 3.63) is 23.3 Å². The lowest BCUT2D eigenvalue weighted by Crippen LogP contribution is -2.10. The van der Waals surface area contributed by atoms with Crippen molar-refractivity contribution < 1.29 is 10.2 Å². The SMILES string of the molecule is CC1=CC=C(C(O)O)CC1. The van der Waals surface area contributed by atoms with Crippen LogP contribution in [0.2, 0.25) is 0 Å². The van der Waals surface area contributed by atoms with Crippen molar-refractivity contribution in [3.63, 3.8) is 0 Å². The van der Waals surface area contributed by atoms with E-state index in [4.69, 9.17) is 10.2 Å². The number of aliphatic hydroxyl groups is 2. The summed E-state index contributed by atoms with van der Waals surface area (Å²) in [5, 5.41) is 17.4. The van der Waals surface area contributed by atoms with Crippen LogP contribution in [0.15, 0.2) is 23.3 Å². The lowest BCUT2D eigenvalue weighted by molar-refractivity contribution is -0.0103. The molecule has 1 rings (SSSR count). The molecular formula is C8H12O2. The Morgan fingerprint density at radius 2 is 2.00 bits per heavy atom. The van der Waals surface area contributed by atoms with Crippen LogP contribution < -0.4 is 0 Å². The minimum atomic E-state index is -1.26. The maximum absolute atomic E-state index is 8.72. The molecule has 1 aliphatic rings. The van der Waals surface area contributed by atoms with E-state index in [1.807, 2.05) is 13.0 Å². The highest BCUT2D eigenvalue weighted by atomic mass is 16.5. The topological polar surface area (TPSA) is 40.5 Å². The second-order valence-corrected chi connectivity index (χ2v) is 2.63. The third kappa shape index (κ3) is 1.69. The number of hydrogen-bond acceptors (Lipinski definition) is 2. The van der Waals surface area contributed by atoms with Gasteiger partial charge in [0.25, 0.3) is 0 Å². The molecule has 56 valence electrons. The summed E-state index contributed by atoms with van der Waals surface area (Å²) < 4.78 is 0. The highest BCUT2D eigenvalue weighted by Gasteiger charge is 2.08. The maximum atomic E-state index is 8.72. The van der Waals surface area contributed by atoms with Gasteiger partial charge in [-0.05, 0) is 25.3 Å². The molecule has 0 saturated carbocycles. The molecule has 0 radical (unpaired) electrons. The zero-order valence-electron chi connectivity index (χ0n) is 6.04. The Hall–Kier alpha value is -0.600. The number of allylic oxidation sites excluding steroid dienone is 3. The molecule has 1 aliphatic carbocycles. The van der Waals surface area contributed by atoms with Crippen LogP contribution in [-0.2, 0) is 0 Å². The second-order valence-electron chi connectivity index (χ2n) is 2.63. The molecule has 2 nitrogen and oxygen atoms in total. The molecule has 0 fully saturated rings. The van der Waals surface area contributed by atoms with Crippen molar-refractivity contribution in [3.8, 4) is 0 Å². The maximum Gasteiger partial charge on any atom is 0.174 e. The van der Waals surface area contributed by atoms with Gasteiger partial charge in [0.2, 0.25) is 0 Å². The molecule has 0 heterocycles. The fourth-order valence-corrected chi connectivity index (χ4v) is 0.973. The van der Waals surface area contributed by atoms with Gasteiger partial charge in [0.1, 0.15) is 0 Å². The van der Waals surface area contributed by atoms with Crippen LogP contribution in [0, 0.1) is 0 Å². The Morgan fingerprint density at radius 1 is 1.30 bits per heavy atom. The van der Waals surface area contributed by atoms with Gasteiger partial charge in [-0.25, -0.2) is 0 Å². The van der Waals surface area contributed by atoms with Gasteiger partial charge in [-0.3, -0.25) is 0 Å². The smallest absolute Gasteiger partial charge is 0.174 e. The molecule has 0 bridgehead atoms. The van der Waals surface area contributed by atoms with Gasteiger partial charge in [0, 0.05) is 0 Å². The van der Waals surface area contributed by atoms with Crippen LogP contribution in [0.1, 0.15) is 19.8 Å². The predicted molar refractivity (Wildman–Crippen MR) is 39.3 cm³/mol. The Bertz CT molecular complexity index is 178. The van der Waals surface area contributed by atoms with E-state index in [9.17, 15) is 0 Å². The zero-order valence-corrected chi connectivity index (χ0v) is 6.04. The third-order valence-corrected chi connectivity index (χ3v) is 1.72. The summed E-state index contributed by atoms with van der Waals surface area (Å²) in [5.74, 6) is 0. The highest BCUT2D eigenvalue weighted by molar-refractivity contribution is 5.23. The minimum Gasteiger partial charge on any atom is -0.365 e. The van der Waals surface area contributed by atoms with E-state index in [1.165, 1.54) is 5.57 Å². The van der Waals surface area contributed by atoms with Gasteiger partial charge < -0.3 is 10.2 Å². The van der Waals surface area contributed by atoms with Crippen molar-refractivity contribution in [1.82, 2.24) is 0 Å². The van der Waals surface area contributed by atoms with E-state index in [1.54, 1.807) is 6.08 Å². The molecule has 2 heteroatoms. The summed E-state index contributed by atoms with van der Waals surface area (Å²) in [6.07, 6.45) is 4.18. The third-order valence-electron chi connectivity index (χ3n) is 1.72. The van der Waals surface area contributed by atoms with Crippen LogP contribution in [-0.4, -0.2) is 16.5 Å². The molecule has 0 amide bonds. The monoisotopic (exact) mass is 140 g/mol. The van der Waals surface area contributed by atoms with Crippen molar-refractivity contribution in [2.75, 3.05) is 0 Å². The Morgan fingerprint density at radius 3 is 2.40 bits per heavy atom. The first-order chi connectivity index (χ1) is 4.70. The van der Waals surface area contributed by atoms with Gasteiger partial charge in [0.15, 0.2) is 6.29 Å². The molecule has 0 saturated heterocycles. The summed E-state index contributed by atoms with van der Waals surface area (Å²) >= 11 is 0. The van der Waals surface area contributed by atoms with E-state index < -0.39 is 6.29 Å². The lowest BCUT2D eigenvalue weighted by atomic mass is 9.99. The van der Waals surface area contributed by atoms with E-state index >= 15 is 0 Å². The summed E-state index contributed by atoms with van der Waals surface area (Å²) in [7, 11) is 0. The number of aliphatic hydroxyl groups excluding tert-OH is 1. The minimum absolute atomic E-state index is 0.714. The van der Waals surface area contributed by atoms with E-state index in [0.29, 0.717) is 5.57 Å². The first kappa shape index (κ1) is 7.51. The quantitative estimate of drug-likeness (QED) is 0.533. The molecule has 2 N–H and O–H groups in total. The molecular weight excluding hydrogens is 128 g/mol. The van der Waals surface area contributed by atoms with Crippen LogP contribution in [0.5, 0.6) is 0 Å². The van der Waals surface area contributed by atoms with E-state index in [-0.39, 0.29) is 0 Å². The molecule has 0 spiro atoms. The van der Waals surface area contributed by atoms with Crippen LogP contribution >= 0.6 is 0 Å². The summed E-state index contributed by atoms with van der Waals surface area (Å²) in [4.78, 5) is 0. The Labute approximate surface area is 60.5 Å². The van der Waals surface area contributed by atoms with Crippen molar-refractivity contribution in [2.24, 2.45) is 0 Å². The second kappa shape index (κ2) is 2.99. The van der Waals surface area contributed by atoms with Crippen LogP contribution in [0.25, 0.3) is 0 Å². The highest BCUT2D eigenvalue weighted by Crippen LogP contribution is 2.18. The molecule has 0 atom stereocenters. The summed E-state index contributed by atoms with van der Waals surface area (Å²) in [5.41, 5.74) is 2.01. The Balaban J connectivity index is 2.64. The lowest BCUT2D eigenvalue weighted by Gasteiger charge is -2.12. The van der Waals surface area contributed by atoms with Gasteiger partial charge in [-0.1, -0.05) is 17.7 Å². The normalized spacial score (nSPS) is 18.8. The first-order valence-corrected chi connectivity index (χ1v) is 3.42. The van der Waals surface area contributed by atoms with Crippen molar-refractivity contribution in [2.45, 2.75) is 26.1 Å². The van der Waals surface area contributed by atoms with Gasteiger partial charge in [0.05, 0.1) is 0 Å². The van der Waals surface area contributed by atoms with E-state index in [2.05, 4.69) is 0 Å². The largest absolute Gasteiger partial charge is 0.365 e. The average Bonchev–Trinajstić information content (AvgIpc) is 1.88. The van der Waals surface area contributed by atoms with Crippen LogP contribution in [0.4, 0.5) is 0 Å². The molecule has 10 heavy (non-hydrogen) atoms. The zero-order chi connectivity index (χ0) is 7.56. The Kier molecular flexibility index (Phi) is 2.25.